The van der Waals surface area contributed by atoms with Crippen LogP contribution in [0.2, 0.25) is 0 Å². The molecule has 1 heterocycles. The minimum Gasteiger partial charge on any atom is -0.494 e. The van der Waals surface area contributed by atoms with E-state index in [2.05, 4.69) is 10.6 Å². The highest BCUT2D eigenvalue weighted by molar-refractivity contribution is 5.93. The molecule has 15 nitrogen and oxygen atoms in total. The average molecular weight is 794 g/mol. The first-order valence-corrected chi connectivity index (χ1v) is 18.9. The zero-order valence-corrected chi connectivity index (χ0v) is 33.4. The zero-order valence-electron chi connectivity index (χ0n) is 33.4. The van der Waals surface area contributed by atoms with Crippen LogP contribution in [0, 0.1) is 15.5 Å². The van der Waals surface area contributed by atoms with Crippen LogP contribution in [0.15, 0.2) is 84.1 Å². The summed E-state index contributed by atoms with van der Waals surface area (Å²) < 4.78 is 28.8. The van der Waals surface area contributed by atoms with Crippen molar-refractivity contribution in [3.05, 3.63) is 105 Å². The Morgan fingerprint density at radius 2 is 1.58 bits per heavy atom. The fourth-order valence-corrected chi connectivity index (χ4v) is 6.74. The Morgan fingerprint density at radius 1 is 0.947 bits per heavy atom. The van der Waals surface area contributed by atoms with E-state index in [1.807, 2.05) is 52.0 Å². The van der Waals surface area contributed by atoms with Crippen molar-refractivity contribution in [2.24, 2.45) is 5.41 Å². The Balaban J connectivity index is 1.27. The Hall–Kier alpha value is -5.22. The Bertz CT molecular complexity index is 1830. The van der Waals surface area contributed by atoms with Gasteiger partial charge in [-0.3, -0.25) is 14.9 Å². The highest BCUT2D eigenvalue weighted by atomic mass is 16.6. The van der Waals surface area contributed by atoms with Crippen molar-refractivity contribution in [3.8, 4) is 17.2 Å². The molecule has 3 aromatic carbocycles. The maximum absolute atomic E-state index is 13.2. The SMILES string of the molecule is CC1=C(C(=O)O)C(c2cccc([N+](=O)[O-])c2)C(CCOc2ccc(OCC(C)(C)NCC(O)COc3ccc(COCCOC(C)C)cc3)cc2)(C(=O)O)C(C)N1. The summed E-state index contributed by atoms with van der Waals surface area (Å²) >= 11 is 0. The molecule has 0 bridgehead atoms. The van der Waals surface area contributed by atoms with Crippen LogP contribution in [0.4, 0.5) is 5.69 Å². The monoisotopic (exact) mass is 793 g/mol. The Labute approximate surface area is 333 Å². The fraction of sp³-hybridized carbons (Fsp3) is 0.476. The second-order valence-electron chi connectivity index (χ2n) is 15.0. The normalized spacial score (nSPS) is 18.8. The van der Waals surface area contributed by atoms with Crippen LogP contribution in [-0.4, -0.2) is 95.5 Å². The number of benzene rings is 3. The second-order valence-corrected chi connectivity index (χ2v) is 15.0. The minimum absolute atomic E-state index is 0.0893. The molecule has 0 saturated carbocycles. The third-order valence-electron chi connectivity index (χ3n) is 9.79. The molecular formula is C42H55N3O12. The van der Waals surface area contributed by atoms with E-state index >= 15 is 0 Å². The number of aliphatic carboxylic acids is 2. The van der Waals surface area contributed by atoms with E-state index in [4.69, 9.17) is 23.7 Å². The number of aliphatic hydroxyl groups excluding tert-OH is 1. The van der Waals surface area contributed by atoms with Crippen LogP contribution in [0.5, 0.6) is 17.2 Å². The van der Waals surface area contributed by atoms with Gasteiger partial charge in [-0.1, -0.05) is 24.3 Å². The van der Waals surface area contributed by atoms with E-state index in [1.54, 1.807) is 38.1 Å². The number of ether oxygens (including phenoxy) is 5. The van der Waals surface area contributed by atoms with E-state index < -0.39 is 45.9 Å². The smallest absolute Gasteiger partial charge is 0.333 e. The second kappa shape index (κ2) is 20.3. The van der Waals surface area contributed by atoms with Crippen molar-refractivity contribution < 1.29 is 53.5 Å². The van der Waals surface area contributed by atoms with E-state index in [-0.39, 0.29) is 61.4 Å². The molecule has 1 aliphatic heterocycles. The Kier molecular flexibility index (Phi) is 15.8. The van der Waals surface area contributed by atoms with Gasteiger partial charge in [0, 0.05) is 48.3 Å². The predicted octanol–water partition coefficient (Wildman–Crippen LogP) is 5.70. The van der Waals surface area contributed by atoms with Gasteiger partial charge in [-0.15, -0.1) is 0 Å². The van der Waals surface area contributed by atoms with Crippen LogP contribution in [0.3, 0.4) is 0 Å². The lowest BCUT2D eigenvalue weighted by Gasteiger charge is -2.46. The van der Waals surface area contributed by atoms with Crippen LogP contribution in [0.1, 0.15) is 65.0 Å². The zero-order chi connectivity index (χ0) is 41.8. The lowest BCUT2D eigenvalue weighted by Crippen LogP contribution is -2.57. The van der Waals surface area contributed by atoms with Gasteiger partial charge in [0.05, 0.1) is 43.0 Å². The van der Waals surface area contributed by atoms with Crippen LogP contribution < -0.4 is 24.8 Å². The van der Waals surface area contributed by atoms with Gasteiger partial charge in [0.15, 0.2) is 0 Å². The molecule has 0 aliphatic carbocycles. The van der Waals surface area contributed by atoms with Gasteiger partial charge in [-0.2, -0.15) is 0 Å². The van der Waals surface area contributed by atoms with Gasteiger partial charge >= 0.3 is 11.9 Å². The number of carbonyl (C=O) groups is 2. The van der Waals surface area contributed by atoms with Crippen LogP contribution in [0.25, 0.3) is 0 Å². The molecule has 0 spiro atoms. The van der Waals surface area contributed by atoms with E-state index in [1.165, 1.54) is 24.3 Å². The molecule has 57 heavy (non-hydrogen) atoms. The van der Waals surface area contributed by atoms with Gasteiger partial charge in [0.2, 0.25) is 0 Å². The molecule has 1 aliphatic rings. The fourth-order valence-electron chi connectivity index (χ4n) is 6.74. The average Bonchev–Trinajstić information content (AvgIpc) is 3.16. The molecular weight excluding hydrogens is 738 g/mol. The summed E-state index contributed by atoms with van der Waals surface area (Å²) in [5, 5.41) is 49.4. The maximum Gasteiger partial charge on any atom is 0.333 e. The molecule has 3 aromatic rings. The quantitative estimate of drug-likeness (QED) is 0.0444. The summed E-state index contributed by atoms with van der Waals surface area (Å²) in [5.74, 6) is -2.15. The van der Waals surface area contributed by atoms with Gasteiger partial charge in [0.25, 0.3) is 5.69 Å². The van der Waals surface area contributed by atoms with E-state index in [9.17, 15) is 35.0 Å². The molecule has 5 N–H and O–H groups in total. The molecule has 0 amide bonds. The lowest BCUT2D eigenvalue weighted by atomic mass is 9.60. The van der Waals surface area contributed by atoms with Gasteiger partial charge < -0.3 is 49.6 Å². The summed E-state index contributed by atoms with van der Waals surface area (Å²) in [4.78, 5) is 36.7. The number of hydrogen-bond acceptors (Lipinski definition) is 12. The number of hydrogen-bond donors (Lipinski definition) is 5. The first kappa shape index (κ1) is 44.5. The van der Waals surface area contributed by atoms with Crippen LogP contribution in [-0.2, 0) is 25.7 Å². The molecule has 0 radical (unpaired) electrons. The maximum atomic E-state index is 13.2. The Morgan fingerprint density at radius 3 is 2.19 bits per heavy atom. The molecule has 4 unspecified atom stereocenters. The number of aliphatic hydroxyl groups is 1. The molecule has 0 fully saturated rings. The van der Waals surface area contributed by atoms with Crippen molar-refractivity contribution in [2.45, 2.75) is 84.3 Å². The number of β-amino-alcohol motifs (C(OH)–C–C–N with tert-alkyl or cyclic N) is 1. The largest absolute Gasteiger partial charge is 0.494 e. The third-order valence-corrected chi connectivity index (χ3v) is 9.79. The van der Waals surface area contributed by atoms with Crippen LogP contribution >= 0.6 is 0 Å². The molecule has 310 valence electrons. The highest BCUT2D eigenvalue weighted by Crippen LogP contribution is 2.51. The summed E-state index contributed by atoms with van der Waals surface area (Å²) in [6.07, 6.45) is -0.707. The number of carboxylic acids is 2. The number of nitro groups is 1. The highest BCUT2D eigenvalue weighted by Gasteiger charge is 2.56. The van der Waals surface area contributed by atoms with Crippen molar-refractivity contribution in [3.63, 3.8) is 0 Å². The number of nitrogens with one attached hydrogen (secondary N) is 2. The van der Waals surface area contributed by atoms with Gasteiger partial charge in [-0.05, 0) is 89.1 Å². The number of rotatable bonds is 23. The summed E-state index contributed by atoms with van der Waals surface area (Å²) in [6.45, 7) is 13.2. The number of nitro benzene ring substituents is 1. The first-order chi connectivity index (χ1) is 27.0. The minimum atomic E-state index is -1.73. The van der Waals surface area contributed by atoms with E-state index in [0.29, 0.717) is 37.1 Å². The van der Waals surface area contributed by atoms with Crippen molar-refractivity contribution in [1.82, 2.24) is 10.6 Å². The standard InChI is InChI=1S/C42H55N3O12/c1-27(2)54-21-20-53-24-30-10-12-35(13-11-30)56-25-33(46)23-43-41(5,6)26-57-36-16-14-34(15-17-36)55-19-18-42(40(49)50)29(4)44-28(3)37(39(47)48)38(42)31-8-7-9-32(22-31)45(51)52/h7-17,22,27,29,33,38,43-44,46H,18-21,23-26H2,1-6H3,(H,47,48)(H,49,50). The molecule has 0 saturated heterocycles. The number of carboxylic acid groups (broad SMARTS) is 2. The summed E-state index contributed by atoms with van der Waals surface area (Å²) in [5.41, 5.74) is -1.18. The van der Waals surface area contributed by atoms with E-state index in [0.717, 1.165) is 5.56 Å². The number of non-ortho nitro benzene ring substituents is 1. The summed E-state index contributed by atoms with van der Waals surface area (Å²) in [6, 6.07) is 19.0. The number of nitrogens with zero attached hydrogens (tertiary/aromatic N) is 1. The van der Waals surface area contributed by atoms with Crippen molar-refractivity contribution >= 4 is 17.6 Å². The molecule has 4 rings (SSSR count). The third kappa shape index (κ3) is 12.4. The topological polar surface area (TPSA) is 208 Å². The molecule has 15 heteroatoms. The lowest BCUT2D eigenvalue weighted by molar-refractivity contribution is -0.384. The number of allylic oxidation sites excluding steroid dienone is 1. The first-order valence-electron chi connectivity index (χ1n) is 18.9. The van der Waals surface area contributed by atoms with Gasteiger partial charge in [-0.25, -0.2) is 4.79 Å². The van der Waals surface area contributed by atoms with Crippen molar-refractivity contribution in [1.29, 1.82) is 0 Å². The predicted molar refractivity (Wildman–Crippen MR) is 212 cm³/mol. The van der Waals surface area contributed by atoms with Crippen molar-refractivity contribution in [2.75, 3.05) is 39.6 Å². The van der Waals surface area contributed by atoms with Gasteiger partial charge in [0.1, 0.15) is 42.0 Å². The molecule has 0 aromatic heterocycles. The summed E-state index contributed by atoms with van der Waals surface area (Å²) in [7, 11) is 0. The molecule has 4 atom stereocenters.